The van der Waals surface area contributed by atoms with Gasteiger partial charge in [0.05, 0.1) is 0 Å². The molecule has 0 radical (unpaired) electrons. The summed E-state index contributed by atoms with van der Waals surface area (Å²) in [5.74, 6) is -2.70. The second-order valence-corrected chi connectivity index (χ2v) is 15.8. The van der Waals surface area contributed by atoms with Crippen molar-refractivity contribution >= 4 is 50.3 Å². The van der Waals surface area contributed by atoms with Gasteiger partial charge in [-0.15, -0.1) is 0 Å². The molecule has 1 aliphatic rings. The van der Waals surface area contributed by atoms with E-state index in [0.717, 1.165) is 11.2 Å². The summed E-state index contributed by atoms with van der Waals surface area (Å²) in [4.78, 5) is 0. The second-order valence-electron chi connectivity index (χ2n) is 8.81. The van der Waals surface area contributed by atoms with Crippen LogP contribution in [0.25, 0.3) is 5.57 Å². The predicted octanol–water partition coefficient (Wildman–Crippen LogP) is 7.82. The molecule has 1 aliphatic carbocycles. The van der Waals surface area contributed by atoms with Crippen molar-refractivity contribution in [2.45, 2.75) is 12.8 Å². The molecular formula is C30H27Cl2P. The Morgan fingerprint density at radius 1 is 0.667 bits per heavy atom. The Morgan fingerprint density at radius 3 is 1.48 bits per heavy atom. The van der Waals surface area contributed by atoms with Gasteiger partial charge < -0.3 is 0 Å². The molecule has 0 saturated heterocycles. The summed E-state index contributed by atoms with van der Waals surface area (Å²) in [5, 5.41) is 4.36. The van der Waals surface area contributed by atoms with Crippen molar-refractivity contribution in [1.29, 1.82) is 0 Å². The fourth-order valence-electron chi connectivity index (χ4n) is 4.81. The molecule has 0 aliphatic heterocycles. The maximum atomic E-state index is 8.22. The van der Waals surface area contributed by atoms with Crippen LogP contribution in [0.2, 0.25) is 5.02 Å². The van der Waals surface area contributed by atoms with E-state index >= 15 is 0 Å². The molecule has 3 heteroatoms. The molecule has 33 heavy (non-hydrogen) atoms. The number of halogens is 2. The molecule has 0 aromatic heterocycles. The van der Waals surface area contributed by atoms with E-state index in [9.17, 15) is 0 Å². The zero-order valence-corrected chi connectivity index (χ0v) is 20.9. The van der Waals surface area contributed by atoms with Gasteiger partial charge in [0.25, 0.3) is 0 Å². The monoisotopic (exact) mass is 488 g/mol. The third-order valence-corrected chi connectivity index (χ3v) is 14.1. The Bertz CT molecular complexity index is 1150. The number of benzene rings is 4. The summed E-state index contributed by atoms with van der Waals surface area (Å²) in [6.45, 7) is 0. The molecule has 0 N–H and O–H groups in total. The maximum absolute atomic E-state index is 8.22. The Hall–Kier alpha value is -2.37. The molecule has 1 saturated carbocycles. The van der Waals surface area contributed by atoms with Crippen LogP contribution in [-0.4, -0.2) is 6.16 Å². The Morgan fingerprint density at radius 2 is 1.09 bits per heavy atom. The van der Waals surface area contributed by atoms with E-state index in [4.69, 9.17) is 22.8 Å². The average Bonchev–Trinajstić information content (AvgIpc) is 3.72. The van der Waals surface area contributed by atoms with Crippen LogP contribution in [0.15, 0.2) is 121 Å². The normalized spacial score (nSPS) is 15.6. The van der Waals surface area contributed by atoms with Crippen LogP contribution in [0.3, 0.4) is 0 Å². The first kappa shape index (κ1) is 22.4. The van der Waals surface area contributed by atoms with Gasteiger partial charge in [-0.2, -0.15) is 0 Å². The molecule has 0 heterocycles. The van der Waals surface area contributed by atoms with Gasteiger partial charge in [0.2, 0.25) is 0 Å². The summed E-state index contributed by atoms with van der Waals surface area (Å²) in [6, 6.07) is 40.3. The molecule has 0 unspecified atom stereocenters. The van der Waals surface area contributed by atoms with E-state index in [-0.39, 0.29) is 0 Å². The molecule has 166 valence electrons. The molecule has 0 bridgehead atoms. The number of rotatable bonds is 7. The summed E-state index contributed by atoms with van der Waals surface area (Å²) >= 11 is 14.4. The minimum atomic E-state index is -3.30. The van der Waals surface area contributed by atoms with Crippen molar-refractivity contribution in [2.24, 2.45) is 5.92 Å². The first-order valence-corrected chi connectivity index (χ1v) is 15.2. The molecule has 0 nitrogen and oxygen atoms in total. The molecule has 0 atom stereocenters. The fraction of sp³-hybridized carbons (Fsp3) is 0.133. The van der Waals surface area contributed by atoms with Crippen molar-refractivity contribution in [2.75, 3.05) is 6.16 Å². The molecule has 5 rings (SSSR count). The van der Waals surface area contributed by atoms with Gasteiger partial charge in [0.1, 0.15) is 0 Å². The van der Waals surface area contributed by atoms with E-state index in [1.807, 2.05) is 12.1 Å². The molecule has 0 amide bonds. The SMILES string of the molecule is Clc1ccc(/C(=C\CP(Cl)(c2ccccc2)(c2ccccc2)c2ccccc2)C2CC2)cc1. The van der Waals surface area contributed by atoms with Gasteiger partial charge in [-0.05, 0) is 0 Å². The van der Waals surface area contributed by atoms with Crippen LogP contribution in [0.5, 0.6) is 0 Å². The first-order valence-electron chi connectivity index (χ1n) is 11.5. The van der Waals surface area contributed by atoms with Gasteiger partial charge in [0.15, 0.2) is 0 Å². The Kier molecular flexibility index (Phi) is 6.19. The van der Waals surface area contributed by atoms with E-state index in [0.29, 0.717) is 5.92 Å². The van der Waals surface area contributed by atoms with Crippen LogP contribution >= 0.6 is 28.8 Å². The summed E-state index contributed by atoms with van der Waals surface area (Å²) in [7, 11) is 0. The van der Waals surface area contributed by atoms with E-state index in [1.165, 1.54) is 39.9 Å². The summed E-state index contributed by atoms with van der Waals surface area (Å²) < 4.78 is 0. The zero-order chi connectivity index (χ0) is 22.8. The summed E-state index contributed by atoms with van der Waals surface area (Å²) in [6.07, 6.45) is 5.65. The topological polar surface area (TPSA) is 0 Å². The van der Waals surface area contributed by atoms with Crippen LogP contribution in [0, 0.1) is 5.92 Å². The predicted molar refractivity (Wildman–Crippen MR) is 148 cm³/mol. The van der Waals surface area contributed by atoms with E-state index < -0.39 is 5.96 Å². The quantitative estimate of drug-likeness (QED) is 0.232. The standard InChI is InChI=1S/C30H27Cl2P/c31-26-20-18-25(19-21-26)30(24-16-17-24)22-23-33(32,27-10-4-1-5-11-27,28-12-6-2-7-13-28)29-14-8-3-9-15-29/h1-15,18-22,24H,16-17,23H2/b30-22-. The van der Waals surface area contributed by atoms with Gasteiger partial charge in [-0.3, -0.25) is 0 Å². The molecule has 0 spiro atoms. The fourth-order valence-corrected chi connectivity index (χ4v) is 10.6. The third-order valence-electron chi connectivity index (χ3n) is 6.73. The van der Waals surface area contributed by atoms with Crippen LogP contribution in [0.1, 0.15) is 18.4 Å². The summed E-state index contributed by atoms with van der Waals surface area (Å²) in [5.41, 5.74) is 2.64. The van der Waals surface area contributed by atoms with Gasteiger partial charge in [-0.25, -0.2) is 0 Å². The average molecular weight is 489 g/mol. The van der Waals surface area contributed by atoms with E-state index in [2.05, 4.69) is 109 Å². The number of allylic oxidation sites excluding steroid dienone is 2. The van der Waals surface area contributed by atoms with Crippen LogP contribution in [-0.2, 0) is 0 Å². The van der Waals surface area contributed by atoms with Crippen molar-refractivity contribution in [3.05, 3.63) is 132 Å². The molecule has 1 fully saturated rings. The van der Waals surface area contributed by atoms with Crippen molar-refractivity contribution in [3.8, 4) is 0 Å². The zero-order valence-electron chi connectivity index (χ0n) is 18.4. The Labute approximate surface area is 206 Å². The Balaban J connectivity index is 1.75. The van der Waals surface area contributed by atoms with Crippen molar-refractivity contribution in [1.82, 2.24) is 0 Å². The second kappa shape index (κ2) is 9.11. The minimum absolute atomic E-state index is 0.596. The molecule has 4 aromatic rings. The van der Waals surface area contributed by atoms with Gasteiger partial charge in [-0.1, -0.05) is 0 Å². The van der Waals surface area contributed by atoms with Gasteiger partial charge >= 0.3 is 207 Å². The van der Waals surface area contributed by atoms with Gasteiger partial charge in [0, 0.05) is 0 Å². The first-order chi connectivity index (χ1) is 16.1. The van der Waals surface area contributed by atoms with Crippen LogP contribution in [0.4, 0.5) is 0 Å². The number of hydrogen-bond acceptors (Lipinski definition) is 0. The van der Waals surface area contributed by atoms with Crippen LogP contribution < -0.4 is 15.9 Å². The van der Waals surface area contributed by atoms with E-state index in [1.54, 1.807) is 0 Å². The van der Waals surface area contributed by atoms with Crippen molar-refractivity contribution < 1.29 is 0 Å². The number of hydrogen-bond donors (Lipinski definition) is 0. The van der Waals surface area contributed by atoms with Crippen molar-refractivity contribution in [3.63, 3.8) is 0 Å². The molecular weight excluding hydrogens is 462 g/mol. The third kappa shape index (κ3) is 4.17. The molecule has 4 aromatic carbocycles.